The predicted molar refractivity (Wildman–Crippen MR) is 120 cm³/mol. The Morgan fingerprint density at radius 2 is 1.88 bits per heavy atom. The molecule has 0 saturated heterocycles. The van der Waals surface area contributed by atoms with E-state index in [4.69, 9.17) is 9.47 Å². The van der Waals surface area contributed by atoms with Gasteiger partial charge in [-0.3, -0.25) is 4.79 Å². The number of fused-ring (bicyclic) bond motifs is 1. The van der Waals surface area contributed by atoms with E-state index in [9.17, 15) is 4.79 Å². The highest BCUT2D eigenvalue weighted by molar-refractivity contribution is 7.17. The second-order valence-electron chi connectivity index (χ2n) is 7.57. The van der Waals surface area contributed by atoms with Crippen LogP contribution >= 0.6 is 11.3 Å². The van der Waals surface area contributed by atoms with Gasteiger partial charge in [0, 0.05) is 6.54 Å². The Hall–Kier alpha value is -3.72. The lowest BCUT2D eigenvalue weighted by atomic mass is 10.2. The van der Waals surface area contributed by atoms with Gasteiger partial charge in [0.05, 0.1) is 17.1 Å². The number of thiazole rings is 1. The predicted octanol–water partition coefficient (Wildman–Crippen LogP) is 3.97. The number of ether oxygens (including phenoxy) is 2. The van der Waals surface area contributed by atoms with Gasteiger partial charge < -0.3 is 14.8 Å². The number of aryl methyl sites for hydroxylation is 2. The quantitative estimate of drug-likeness (QED) is 0.498. The number of nitrogens with zero attached hydrogens (tertiary/aromatic N) is 4. The molecule has 3 heterocycles. The number of aromatic nitrogens is 4. The van der Waals surface area contributed by atoms with Crippen molar-refractivity contribution >= 4 is 17.2 Å². The highest BCUT2D eigenvalue weighted by atomic mass is 32.1. The lowest BCUT2D eigenvalue weighted by Crippen LogP contribution is -2.22. The molecule has 0 spiro atoms. The van der Waals surface area contributed by atoms with Crippen LogP contribution in [0.2, 0.25) is 0 Å². The maximum Gasteiger partial charge on any atom is 0.263 e. The Kier molecular flexibility index (Phi) is 5.10. The van der Waals surface area contributed by atoms with E-state index in [1.54, 1.807) is 4.68 Å². The fourth-order valence-electron chi connectivity index (χ4n) is 3.48. The third kappa shape index (κ3) is 3.71. The van der Waals surface area contributed by atoms with Crippen molar-refractivity contribution in [3.63, 3.8) is 0 Å². The van der Waals surface area contributed by atoms with E-state index in [1.807, 2.05) is 63.2 Å². The lowest BCUT2D eigenvalue weighted by molar-refractivity contribution is 0.0954. The molecule has 0 unspecified atom stereocenters. The van der Waals surface area contributed by atoms with Crippen LogP contribution in [0.3, 0.4) is 0 Å². The molecular formula is C23H21N5O3S. The summed E-state index contributed by atoms with van der Waals surface area (Å²) in [5.41, 5.74) is 5.25. The van der Waals surface area contributed by atoms with Crippen molar-refractivity contribution in [2.24, 2.45) is 0 Å². The monoisotopic (exact) mass is 447 g/mol. The molecule has 9 heteroatoms. The molecule has 2 aromatic heterocycles. The van der Waals surface area contributed by atoms with Crippen molar-refractivity contribution in [3.8, 4) is 27.9 Å². The van der Waals surface area contributed by atoms with Gasteiger partial charge in [0.2, 0.25) is 6.79 Å². The molecule has 8 nitrogen and oxygen atoms in total. The number of rotatable bonds is 5. The minimum absolute atomic E-state index is 0.174. The van der Waals surface area contributed by atoms with Gasteiger partial charge in [-0.05, 0) is 50.6 Å². The molecule has 162 valence electrons. The van der Waals surface area contributed by atoms with Gasteiger partial charge in [-0.25, -0.2) is 9.67 Å². The zero-order chi connectivity index (χ0) is 22.2. The molecule has 0 aliphatic carbocycles. The van der Waals surface area contributed by atoms with Crippen LogP contribution in [0.5, 0.6) is 11.5 Å². The Balaban J connectivity index is 1.34. The van der Waals surface area contributed by atoms with E-state index in [0.29, 0.717) is 33.6 Å². The molecule has 0 bridgehead atoms. The SMILES string of the molecule is Cc1ccc(-n2nnc(-c3nc(C)c(C(=O)NCc4ccc5c(c4)OCO5)s3)c2C)cc1. The van der Waals surface area contributed by atoms with Crippen molar-refractivity contribution in [1.29, 1.82) is 0 Å². The maximum atomic E-state index is 12.8. The Bertz CT molecular complexity index is 1310. The van der Waals surface area contributed by atoms with Crippen LogP contribution in [0.4, 0.5) is 0 Å². The van der Waals surface area contributed by atoms with Crippen LogP contribution in [0, 0.1) is 20.8 Å². The Labute approximate surface area is 188 Å². The van der Waals surface area contributed by atoms with Gasteiger partial charge >= 0.3 is 0 Å². The molecule has 1 aliphatic heterocycles. The number of carbonyl (C=O) groups excluding carboxylic acids is 1. The first-order valence-corrected chi connectivity index (χ1v) is 10.9. The second-order valence-corrected chi connectivity index (χ2v) is 8.57. The zero-order valence-corrected chi connectivity index (χ0v) is 18.7. The summed E-state index contributed by atoms with van der Waals surface area (Å²) in [6.07, 6.45) is 0. The van der Waals surface area contributed by atoms with E-state index < -0.39 is 0 Å². The van der Waals surface area contributed by atoms with Crippen LogP contribution in [0.1, 0.15) is 32.2 Å². The number of amides is 1. The van der Waals surface area contributed by atoms with Crippen molar-refractivity contribution in [2.75, 3.05) is 6.79 Å². The number of benzene rings is 2. The van der Waals surface area contributed by atoms with Gasteiger partial charge in [0.15, 0.2) is 11.5 Å². The average Bonchev–Trinajstić information content (AvgIpc) is 3.50. The first-order chi connectivity index (χ1) is 15.5. The Morgan fingerprint density at radius 1 is 1.09 bits per heavy atom. The molecule has 0 fully saturated rings. The number of nitrogens with one attached hydrogen (secondary N) is 1. The summed E-state index contributed by atoms with van der Waals surface area (Å²) in [5.74, 6) is 1.24. The topological polar surface area (TPSA) is 91.2 Å². The normalized spacial score (nSPS) is 12.2. The van der Waals surface area contributed by atoms with E-state index in [2.05, 4.69) is 20.6 Å². The van der Waals surface area contributed by atoms with Crippen molar-refractivity contribution < 1.29 is 14.3 Å². The van der Waals surface area contributed by atoms with E-state index in [-0.39, 0.29) is 12.7 Å². The Morgan fingerprint density at radius 3 is 2.69 bits per heavy atom. The molecule has 0 atom stereocenters. The number of carbonyl (C=O) groups is 1. The standard InChI is InChI=1S/C23H21N5O3S/c1-13-4-7-17(8-5-13)28-15(3)20(26-27-28)23-25-14(2)21(32-23)22(29)24-11-16-6-9-18-19(10-16)31-12-30-18/h4-10H,11-12H2,1-3H3,(H,24,29). The van der Waals surface area contributed by atoms with E-state index in [0.717, 1.165) is 22.7 Å². The molecule has 0 radical (unpaired) electrons. The summed E-state index contributed by atoms with van der Waals surface area (Å²) in [4.78, 5) is 18.0. The van der Waals surface area contributed by atoms with Crippen LogP contribution in [-0.4, -0.2) is 32.7 Å². The number of hydrogen-bond acceptors (Lipinski definition) is 7. The van der Waals surface area contributed by atoms with Crippen molar-refractivity contribution in [2.45, 2.75) is 27.3 Å². The fraction of sp³-hybridized carbons (Fsp3) is 0.217. The lowest BCUT2D eigenvalue weighted by Gasteiger charge is -2.05. The minimum Gasteiger partial charge on any atom is -0.454 e. The second kappa shape index (κ2) is 8.08. The smallest absolute Gasteiger partial charge is 0.263 e. The van der Waals surface area contributed by atoms with Gasteiger partial charge in [0.1, 0.15) is 15.6 Å². The molecule has 2 aromatic carbocycles. The molecule has 5 rings (SSSR count). The van der Waals surface area contributed by atoms with Gasteiger partial charge in [-0.15, -0.1) is 16.4 Å². The first kappa shape index (κ1) is 20.2. The van der Waals surface area contributed by atoms with Crippen LogP contribution in [-0.2, 0) is 6.54 Å². The summed E-state index contributed by atoms with van der Waals surface area (Å²) >= 11 is 1.32. The van der Waals surface area contributed by atoms with Gasteiger partial charge in [-0.1, -0.05) is 29.0 Å². The largest absolute Gasteiger partial charge is 0.454 e. The molecular weight excluding hydrogens is 426 g/mol. The molecule has 1 amide bonds. The van der Waals surface area contributed by atoms with Crippen LogP contribution in [0.25, 0.3) is 16.4 Å². The van der Waals surface area contributed by atoms with Crippen LogP contribution < -0.4 is 14.8 Å². The third-order valence-electron chi connectivity index (χ3n) is 5.27. The maximum absolute atomic E-state index is 12.8. The highest BCUT2D eigenvalue weighted by Gasteiger charge is 2.21. The van der Waals surface area contributed by atoms with E-state index in [1.165, 1.54) is 16.9 Å². The highest BCUT2D eigenvalue weighted by Crippen LogP contribution is 2.33. The van der Waals surface area contributed by atoms with Gasteiger partial charge in [-0.2, -0.15) is 0 Å². The van der Waals surface area contributed by atoms with Gasteiger partial charge in [0.25, 0.3) is 5.91 Å². The van der Waals surface area contributed by atoms with Crippen molar-refractivity contribution in [1.82, 2.24) is 25.3 Å². The summed E-state index contributed by atoms with van der Waals surface area (Å²) in [6, 6.07) is 13.7. The fourth-order valence-corrected chi connectivity index (χ4v) is 4.50. The zero-order valence-electron chi connectivity index (χ0n) is 17.9. The molecule has 32 heavy (non-hydrogen) atoms. The summed E-state index contributed by atoms with van der Waals surface area (Å²) in [6.45, 7) is 6.42. The minimum atomic E-state index is -0.174. The molecule has 1 aliphatic rings. The summed E-state index contributed by atoms with van der Waals surface area (Å²) in [5, 5.41) is 12.2. The molecule has 0 saturated carbocycles. The summed E-state index contributed by atoms with van der Waals surface area (Å²) < 4.78 is 12.5. The number of hydrogen-bond donors (Lipinski definition) is 1. The van der Waals surface area contributed by atoms with Crippen LogP contribution in [0.15, 0.2) is 42.5 Å². The summed E-state index contributed by atoms with van der Waals surface area (Å²) in [7, 11) is 0. The molecule has 1 N–H and O–H groups in total. The average molecular weight is 448 g/mol. The third-order valence-corrected chi connectivity index (χ3v) is 6.43. The van der Waals surface area contributed by atoms with Crippen molar-refractivity contribution in [3.05, 3.63) is 69.9 Å². The van der Waals surface area contributed by atoms with E-state index >= 15 is 0 Å². The molecule has 4 aromatic rings. The first-order valence-electron chi connectivity index (χ1n) is 10.1.